The van der Waals surface area contributed by atoms with Crippen LogP contribution in [0.4, 0.5) is 0 Å². The number of ether oxygens (including phenoxy) is 1. The first-order valence-electron chi connectivity index (χ1n) is 8.99. The topological polar surface area (TPSA) is 45.7 Å². The number of rotatable bonds is 4. The summed E-state index contributed by atoms with van der Waals surface area (Å²) in [6.07, 6.45) is 6.73. The van der Waals surface area contributed by atoms with Crippen LogP contribution in [0.1, 0.15) is 43.5 Å². The summed E-state index contributed by atoms with van der Waals surface area (Å²) >= 11 is 0. The molecule has 0 saturated carbocycles. The number of pyridine rings is 1. The number of methoxy groups -OCH3 is 1. The van der Waals surface area contributed by atoms with E-state index in [1.807, 2.05) is 17.0 Å². The second-order valence-corrected chi connectivity index (χ2v) is 7.61. The molecule has 2 fully saturated rings. The number of hydrogen-bond donors (Lipinski definition) is 0. The molecule has 132 valence electrons. The average molecular weight is 331 g/mol. The van der Waals surface area contributed by atoms with Crippen molar-refractivity contribution in [3.63, 3.8) is 0 Å². The molecule has 1 atom stereocenters. The first-order chi connectivity index (χ1) is 11.5. The van der Waals surface area contributed by atoms with Crippen LogP contribution in [-0.4, -0.2) is 66.1 Å². The highest BCUT2D eigenvalue weighted by Gasteiger charge is 2.46. The quantitative estimate of drug-likeness (QED) is 0.850. The van der Waals surface area contributed by atoms with Gasteiger partial charge in [0, 0.05) is 51.2 Å². The van der Waals surface area contributed by atoms with E-state index in [1.165, 1.54) is 6.42 Å². The van der Waals surface area contributed by atoms with Gasteiger partial charge in [-0.15, -0.1) is 0 Å². The van der Waals surface area contributed by atoms with Gasteiger partial charge in [-0.2, -0.15) is 0 Å². The van der Waals surface area contributed by atoms with Crippen molar-refractivity contribution in [3.8, 4) is 0 Å². The van der Waals surface area contributed by atoms with Crippen molar-refractivity contribution in [1.82, 2.24) is 14.8 Å². The number of carbonyl (C=O) groups excluding carboxylic acids is 1. The van der Waals surface area contributed by atoms with Crippen LogP contribution in [0.3, 0.4) is 0 Å². The molecule has 0 bridgehead atoms. The monoisotopic (exact) mass is 331 g/mol. The van der Waals surface area contributed by atoms with Crippen LogP contribution in [0.5, 0.6) is 0 Å². The lowest BCUT2D eigenvalue weighted by atomic mass is 9.76. The van der Waals surface area contributed by atoms with Crippen molar-refractivity contribution in [1.29, 1.82) is 0 Å². The summed E-state index contributed by atoms with van der Waals surface area (Å²) in [4.78, 5) is 21.2. The highest BCUT2D eigenvalue weighted by atomic mass is 16.5. The van der Waals surface area contributed by atoms with Gasteiger partial charge in [0.05, 0.1) is 12.2 Å². The molecule has 3 heterocycles. The van der Waals surface area contributed by atoms with E-state index in [9.17, 15) is 4.79 Å². The Morgan fingerprint density at radius 1 is 1.42 bits per heavy atom. The Kier molecular flexibility index (Phi) is 5.21. The van der Waals surface area contributed by atoms with Crippen molar-refractivity contribution in [2.75, 3.05) is 33.4 Å². The Morgan fingerprint density at radius 3 is 2.75 bits per heavy atom. The van der Waals surface area contributed by atoms with E-state index in [-0.39, 0.29) is 5.91 Å². The van der Waals surface area contributed by atoms with Crippen molar-refractivity contribution < 1.29 is 9.53 Å². The predicted molar refractivity (Wildman–Crippen MR) is 93.9 cm³/mol. The van der Waals surface area contributed by atoms with E-state index < -0.39 is 0 Å². The molecule has 1 aromatic rings. The molecule has 2 aliphatic rings. The number of carbonyl (C=O) groups is 1. The predicted octanol–water partition coefficient (Wildman–Crippen LogP) is 2.43. The number of amides is 1. The Bertz CT molecular complexity index is 553. The third-order valence-corrected chi connectivity index (χ3v) is 5.70. The lowest BCUT2D eigenvalue weighted by Crippen LogP contribution is -2.44. The number of hydrogen-bond acceptors (Lipinski definition) is 4. The maximum atomic E-state index is 12.6. The van der Waals surface area contributed by atoms with Crippen LogP contribution in [0, 0.1) is 5.41 Å². The van der Waals surface area contributed by atoms with E-state index in [0.29, 0.717) is 23.1 Å². The zero-order chi connectivity index (χ0) is 17.2. The van der Waals surface area contributed by atoms with Gasteiger partial charge in [0.2, 0.25) is 0 Å². The van der Waals surface area contributed by atoms with Crippen LogP contribution < -0.4 is 0 Å². The van der Waals surface area contributed by atoms with Gasteiger partial charge in [-0.25, -0.2) is 0 Å². The number of nitrogens with zero attached hydrogens (tertiary/aromatic N) is 3. The van der Waals surface area contributed by atoms with Crippen LogP contribution in [-0.2, 0) is 4.74 Å². The summed E-state index contributed by atoms with van der Waals surface area (Å²) in [5.74, 6) is 0.116. The van der Waals surface area contributed by atoms with Gasteiger partial charge in [0.25, 0.3) is 5.91 Å². The highest BCUT2D eigenvalue weighted by molar-refractivity contribution is 5.93. The molecular formula is C19H29N3O2. The van der Waals surface area contributed by atoms with Crippen molar-refractivity contribution in [3.05, 3.63) is 30.1 Å². The molecular weight excluding hydrogens is 302 g/mol. The summed E-state index contributed by atoms with van der Waals surface area (Å²) in [6, 6.07) is 4.73. The fraction of sp³-hybridized carbons (Fsp3) is 0.684. The van der Waals surface area contributed by atoms with Gasteiger partial charge in [-0.05, 0) is 50.7 Å². The lowest BCUT2D eigenvalue weighted by Gasteiger charge is -2.39. The third kappa shape index (κ3) is 3.47. The molecule has 24 heavy (non-hydrogen) atoms. The van der Waals surface area contributed by atoms with E-state index in [4.69, 9.17) is 4.74 Å². The molecule has 3 rings (SSSR count). The number of aromatic nitrogens is 1. The molecule has 5 nitrogen and oxygen atoms in total. The fourth-order valence-electron chi connectivity index (χ4n) is 4.37. The van der Waals surface area contributed by atoms with E-state index in [1.54, 1.807) is 19.5 Å². The standard InChI is InChI=1S/C19H29N3O2/c1-15(2)22-14-19(11-17(22)13-24-3)6-9-21(10-7-19)18(23)16-5-4-8-20-12-16/h4-5,8,12,15,17H,6-7,9-11,13-14H2,1-3H3/t17-/m0/s1. The Hall–Kier alpha value is -1.46. The summed E-state index contributed by atoms with van der Waals surface area (Å²) in [5.41, 5.74) is 1.04. The van der Waals surface area contributed by atoms with Gasteiger partial charge in [-0.3, -0.25) is 14.7 Å². The van der Waals surface area contributed by atoms with E-state index >= 15 is 0 Å². The van der Waals surface area contributed by atoms with Crippen LogP contribution in [0.15, 0.2) is 24.5 Å². The largest absolute Gasteiger partial charge is 0.383 e. The van der Waals surface area contributed by atoms with Crippen LogP contribution in [0.25, 0.3) is 0 Å². The molecule has 0 unspecified atom stereocenters. The minimum absolute atomic E-state index is 0.116. The zero-order valence-corrected chi connectivity index (χ0v) is 15.1. The van der Waals surface area contributed by atoms with Gasteiger partial charge < -0.3 is 9.64 Å². The lowest BCUT2D eigenvalue weighted by molar-refractivity contribution is 0.0581. The Balaban J connectivity index is 1.63. The smallest absolute Gasteiger partial charge is 0.255 e. The van der Waals surface area contributed by atoms with Crippen molar-refractivity contribution in [2.45, 2.75) is 45.2 Å². The molecule has 1 amide bonds. The second kappa shape index (κ2) is 7.19. The first kappa shape index (κ1) is 17.4. The number of likely N-dealkylation sites (tertiary alicyclic amines) is 2. The molecule has 0 N–H and O–H groups in total. The second-order valence-electron chi connectivity index (χ2n) is 7.61. The maximum absolute atomic E-state index is 12.6. The van der Waals surface area contributed by atoms with Crippen LogP contribution >= 0.6 is 0 Å². The summed E-state index contributed by atoms with van der Waals surface area (Å²) in [6.45, 7) is 8.16. The van der Waals surface area contributed by atoms with Gasteiger partial charge in [0.1, 0.15) is 0 Å². The Morgan fingerprint density at radius 2 is 2.17 bits per heavy atom. The normalized spacial score (nSPS) is 24.0. The molecule has 2 aliphatic heterocycles. The van der Waals surface area contributed by atoms with Crippen molar-refractivity contribution in [2.24, 2.45) is 5.41 Å². The van der Waals surface area contributed by atoms with Gasteiger partial charge in [0.15, 0.2) is 0 Å². The number of piperidine rings is 1. The molecule has 0 radical (unpaired) electrons. The Labute approximate surface area is 145 Å². The summed E-state index contributed by atoms with van der Waals surface area (Å²) in [5, 5.41) is 0. The summed E-state index contributed by atoms with van der Waals surface area (Å²) in [7, 11) is 1.79. The molecule has 0 aromatic carbocycles. The molecule has 1 spiro atoms. The third-order valence-electron chi connectivity index (χ3n) is 5.70. The molecule has 5 heteroatoms. The first-order valence-corrected chi connectivity index (χ1v) is 8.99. The maximum Gasteiger partial charge on any atom is 0.255 e. The van der Waals surface area contributed by atoms with Crippen LogP contribution in [0.2, 0.25) is 0 Å². The van der Waals surface area contributed by atoms with Crippen molar-refractivity contribution >= 4 is 5.91 Å². The van der Waals surface area contributed by atoms with Gasteiger partial charge in [-0.1, -0.05) is 0 Å². The zero-order valence-electron chi connectivity index (χ0n) is 15.1. The average Bonchev–Trinajstić information content (AvgIpc) is 2.94. The van der Waals surface area contributed by atoms with E-state index in [0.717, 1.165) is 39.1 Å². The van der Waals surface area contributed by atoms with Gasteiger partial charge >= 0.3 is 0 Å². The SMILES string of the molecule is COC[C@@H]1CC2(CCN(C(=O)c3cccnc3)CC2)CN1C(C)C. The minimum atomic E-state index is 0.116. The highest BCUT2D eigenvalue weighted by Crippen LogP contribution is 2.44. The molecule has 1 aromatic heterocycles. The molecule has 0 aliphatic carbocycles. The fourth-order valence-corrected chi connectivity index (χ4v) is 4.37. The minimum Gasteiger partial charge on any atom is -0.383 e. The van der Waals surface area contributed by atoms with E-state index in [2.05, 4.69) is 23.7 Å². The summed E-state index contributed by atoms with van der Waals surface area (Å²) < 4.78 is 5.44. The molecule has 2 saturated heterocycles.